The van der Waals surface area contributed by atoms with E-state index in [4.69, 9.17) is 0 Å². The second-order valence-corrected chi connectivity index (χ2v) is 9.55. The lowest BCUT2D eigenvalue weighted by molar-refractivity contribution is 0.0628. The quantitative estimate of drug-likeness (QED) is 0.449. The molecule has 0 unspecified atom stereocenters. The van der Waals surface area contributed by atoms with Crippen LogP contribution in [0.4, 0.5) is 15.8 Å². The summed E-state index contributed by atoms with van der Waals surface area (Å²) in [5.41, 5.74) is 2.80. The van der Waals surface area contributed by atoms with Crippen LogP contribution in [-0.2, 0) is 6.54 Å². The van der Waals surface area contributed by atoms with E-state index in [1.807, 2.05) is 55.6 Å². The van der Waals surface area contributed by atoms with Crippen LogP contribution in [-0.4, -0.2) is 36.9 Å². The Bertz CT molecular complexity index is 1110. The zero-order valence-electron chi connectivity index (χ0n) is 19.6. The van der Waals surface area contributed by atoms with Gasteiger partial charge in [0, 0.05) is 43.6 Å². The van der Waals surface area contributed by atoms with Crippen LogP contribution in [0.25, 0.3) is 0 Å². The minimum absolute atomic E-state index is 0.0832. The smallest absolute Gasteiger partial charge is 0.265 e. The lowest BCUT2D eigenvalue weighted by Gasteiger charge is -2.33. The average Bonchev–Trinajstić information content (AvgIpc) is 3.31. The Hall–Kier alpha value is -3.19. The zero-order chi connectivity index (χ0) is 24.1. The Morgan fingerprint density at radius 2 is 1.79 bits per heavy atom. The molecule has 0 radical (unpaired) electrons. The topological polar surface area (TPSA) is 52.7 Å². The van der Waals surface area contributed by atoms with E-state index in [1.54, 1.807) is 23.1 Å². The van der Waals surface area contributed by atoms with E-state index in [1.165, 1.54) is 23.5 Å². The van der Waals surface area contributed by atoms with Gasteiger partial charge in [0.05, 0.1) is 4.88 Å². The number of hydrogen-bond acceptors (Lipinski definition) is 4. The number of hydrogen-bond donors (Lipinski definition) is 1. The molecule has 5 nitrogen and oxygen atoms in total. The molecule has 0 fully saturated rings. The molecule has 1 atom stereocenters. The minimum atomic E-state index is -0.440. The van der Waals surface area contributed by atoms with Crippen LogP contribution in [0, 0.1) is 11.7 Å². The van der Waals surface area contributed by atoms with Gasteiger partial charge in [0.25, 0.3) is 11.8 Å². The molecule has 0 aliphatic heterocycles. The standard InChI is InChI=1S/C26H30FN3O2S/c1-17(2)18(3)30(26(32)19-8-6-9-21(27)14-19)16-20-15-22(11-12-23(20)29(4)5)28-25(31)24-10-7-13-33-24/h6-15,17-18H,16H2,1-5H3,(H,28,31)/t18-/m1/s1. The molecule has 3 aromatic rings. The van der Waals surface area contributed by atoms with Crippen LogP contribution in [0.1, 0.15) is 46.4 Å². The Balaban J connectivity index is 1.96. The molecule has 174 valence electrons. The van der Waals surface area contributed by atoms with E-state index < -0.39 is 5.82 Å². The largest absolute Gasteiger partial charge is 0.377 e. The first-order valence-corrected chi connectivity index (χ1v) is 11.8. The third kappa shape index (κ3) is 5.99. The van der Waals surface area contributed by atoms with Crippen molar-refractivity contribution in [2.24, 2.45) is 5.92 Å². The van der Waals surface area contributed by atoms with Crippen LogP contribution >= 0.6 is 11.3 Å². The van der Waals surface area contributed by atoms with Gasteiger partial charge in [0.15, 0.2) is 0 Å². The van der Waals surface area contributed by atoms with E-state index in [0.29, 0.717) is 22.7 Å². The second-order valence-electron chi connectivity index (χ2n) is 8.60. The molecule has 1 heterocycles. The average molecular weight is 468 g/mol. The van der Waals surface area contributed by atoms with Crippen molar-refractivity contribution >= 4 is 34.5 Å². The fraction of sp³-hybridized carbons (Fsp3) is 0.308. The summed E-state index contributed by atoms with van der Waals surface area (Å²) in [6.45, 7) is 6.44. The lowest BCUT2D eigenvalue weighted by Crippen LogP contribution is -2.41. The van der Waals surface area contributed by atoms with Crippen molar-refractivity contribution in [3.63, 3.8) is 0 Å². The fourth-order valence-electron chi connectivity index (χ4n) is 3.56. The molecule has 7 heteroatoms. The number of anilines is 2. The van der Waals surface area contributed by atoms with Gasteiger partial charge in [0.1, 0.15) is 5.82 Å². The van der Waals surface area contributed by atoms with Gasteiger partial charge in [0.2, 0.25) is 0 Å². The van der Waals surface area contributed by atoms with E-state index >= 15 is 0 Å². The molecule has 0 aliphatic carbocycles. The number of nitrogens with one attached hydrogen (secondary N) is 1. The van der Waals surface area contributed by atoms with Crippen molar-refractivity contribution in [1.82, 2.24) is 4.90 Å². The SMILES string of the molecule is CC(C)[C@@H](C)N(Cc1cc(NC(=O)c2cccs2)ccc1N(C)C)C(=O)c1cccc(F)c1. The number of carbonyl (C=O) groups is 2. The summed E-state index contributed by atoms with van der Waals surface area (Å²) in [6, 6.07) is 15.0. The molecule has 0 saturated heterocycles. The molecular weight excluding hydrogens is 437 g/mol. The highest BCUT2D eigenvalue weighted by Crippen LogP contribution is 2.28. The normalized spacial score (nSPS) is 11.8. The molecule has 2 amide bonds. The third-order valence-corrected chi connectivity index (χ3v) is 6.56. The van der Waals surface area contributed by atoms with Crippen LogP contribution in [0.3, 0.4) is 0 Å². The van der Waals surface area contributed by atoms with Crippen molar-refractivity contribution in [2.45, 2.75) is 33.4 Å². The van der Waals surface area contributed by atoms with Crippen LogP contribution in [0.2, 0.25) is 0 Å². The number of thiophene rings is 1. The number of amides is 2. The maximum Gasteiger partial charge on any atom is 0.265 e. The highest BCUT2D eigenvalue weighted by Gasteiger charge is 2.25. The van der Waals surface area contributed by atoms with E-state index in [9.17, 15) is 14.0 Å². The van der Waals surface area contributed by atoms with Crippen LogP contribution < -0.4 is 10.2 Å². The Labute approximate surface area is 198 Å². The first kappa shape index (κ1) is 24.5. The fourth-order valence-corrected chi connectivity index (χ4v) is 4.18. The lowest BCUT2D eigenvalue weighted by atomic mass is 10.0. The molecule has 0 aliphatic rings. The highest BCUT2D eigenvalue weighted by atomic mass is 32.1. The van der Waals surface area contributed by atoms with Crippen molar-refractivity contribution in [3.8, 4) is 0 Å². The van der Waals surface area contributed by atoms with Crippen molar-refractivity contribution in [2.75, 3.05) is 24.3 Å². The maximum atomic E-state index is 13.8. The van der Waals surface area contributed by atoms with Crippen LogP contribution in [0.5, 0.6) is 0 Å². The van der Waals surface area contributed by atoms with Gasteiger partial charge in [-0.05, 0) is 66.2 Å². The molecule has 3 rings (SSSR count). The van der Waals surface area contributed by atoms with Crippen LogP contribution in [0.15, 0.2) is 60.0 Å². The molecule has 1 N–H and O–H groups in total. The maximum absolute atomic E-state index is 13.8. The minimum Gasteiger partial charge on any atom is -0.377 e. The molecule has 0 bridgehead atoms. The summed E-state index contributed by atoms with van der Waals surface area (Å²) < 4.78 is 13.8. The number of benzene rings is 2. The van der Waals surface area contributed by atoms with Crippen molar-refractivity contribution in [1.29, 1.82) is 0 Å². The van der Waals surface area contributed by atoms with Crippen molar-refractivity contribution < 1.29 is 14.0 Å². The molecular formula is C26H30FN3O2S. The summed E-state index contributed by atoms with van der Waals surface area (Å²) >= 11 is 1.38. The number of rotatable bonds is 8. The first-order valence-electron chi connectivity index (χ1n) is 10.9. The Morgan fingerprint density at radius 1 is 1.03 bits per heavy atom. The summed E-state index contributed by atoms with van der Waals surface area (Å²) in [5, 5.41) is 4.80. The van der Waals surface area contributed by atoms with Gasteiger partial charge in [-0.3, -0.25) is 9.59 Å². The van der Waals surface area contributed by atoms with Gasteiger partial charge >= 0.3 is 0 Å². The Kier molecular flexibility index (Phi) is 7.87. The predicted molar refractivity (Wildman–Crippen MR) is 134 cm³/mol. The molecule has 2 aromatic carbocycles. The van der Waals surface area contributed by atoms with E-state index in [-0.39, 0.29) is 23.8 Å². The molecule has 0 spiro atoms. The first-order chi connectivity index (χ1) is 15.7. The van der Waals surface area contributed by atoms with Gasteiger partial charge in [-0.15, -0.1) is 11.3 Å². The third-order valence-electron chi connectivity index (χ3n) is 5.69. The second kappa shape index (κ2) is 10.6. The predicted octanol–water partition coefficient (Wildman–Crippen LogP) is 5.89. The number of carbonyl (C=O) groups excluding carboxylic acids is 2. The summed E-state index contributed by atoms with van der Waals surface area (Å²) in [4.78, 5) is 30.3. The molecule has 0 saturated carbocycles. The van der Waals surface area contributed by atoms with E-state index in [2.05, 4.69) is 19.2 Å². The molecule has 33 heavy (non-hydrogen) atoms. The molecule has 1 aromatic heterocycles. The monoisotopic (exact) mass is 467 g/mol. The summed E-state index contributed by atoms with van der Waals surface area (Å²) in [5.74, 6) is -0.637. The Morgan fingerprint density at radius 3 is 2.39 bits per heavy atom. The van der Waals surface area contributed by atoms with Gasteiger partial charge in [-0.1, -0.05) is 26.0 Å². The zero-order valence-corrected chi connectivity index (χ0v) is 20.4. The number of halogens is 1. The van der Waals surface area contributed by atoms with E-state index in [0.717, 1.165) is 11.3 Å². The number of nitrogens with zero attached hydrogens (tertiary/aromatic N) is 2. The summed E-state index contributed by atoms with van der Waals surface area (Å²) in [6.07, 6.45) is 0. The highest BCUT2D eigenvalue weighted by molar-refractivity contribution is 7.12. The van der Waals surface area contributed by atoms with Gasteiger partial charge in [-0.25, -0.2) is 4.39 Å². The summed E-state index contributed by atoms with van der Waals surface area (Å²) in [7, 11) is 3.88. The van der Waals surface area contributed by atoms with Gasteiger partial charge in [-0.2, -0.15) is 0 Å². The van der Waals surface area contributed by atoms with Gasteiger partial charge < -0.3 is 15.1 Å². The van der Waals surface area contributed by atoms with Crippen molar-refractivity contribution in [3.05, 3.63) is 81.8 Å².